The van der Waals surface area contributed by atoms with Crippen LogP contribution in [-0.4, -0.2) is 31.5 Å². The maximum Gasteiger partial charge on any atom is 0.319 e. The second kappa shape index (κ2) is 8.04. The number of ether oxygens (including phenoxy) is 2. The molecule has 0 unspecified atom stereocenters. The van der Waals surface area contributed by atoms with Crippen LogP contribution in [0.1, 0.15) is 18.2 Å². The third-order valence-corrected chi connectivity index (χ3v) is 4.37. The first kappa shape index (κ1) is 18.0. The van der Waals surface area contributed by atoms with Crippen LogP contribution in [0.2, 0.25) is 0 Å². The molecule has 0 aliphatic rings. The Bertz CT molecular complexity index is 869. The molecule has 2 heterocycles. The fourth-order valence-electron chi connectivity index (χ4n) is 2.11. The topological polar surface area (TPSA) is 93.0 Å². The minimum Gasteiger partial charge on any atom is -0.497 e. The first-order valence-corrected chi connectivity index (χ1v) is 8.46. The molecule has 8 nitrogen and oxygen atoms in total. The Kier molecular flexibility index (Phi) is 5.56. The van der Waals surface area contributed by atoms with Crippen LogP contribution >= 0.6 is 11.8 Å². The Hall–Kier alpha value is -2.82. The Morgan fingerprint density at radius 3 is 2.81 bits per heavy atom. The highest BCUT2D eigenvalue weighted by molar-refractivity contribution is 7.98. The van der Waals surface area contributed by atoms with E-state index in [1.165, 1.54) is 17.1 Å². The van der Waals surface area contributed by atoms with Crippen LogP contribution in [0.5, 0.6) is 11.5 Å². The maximum atomic E-state index is 12.8. The van der Waals surface area contributed by atoms with Gasteiger partial charge >= 0.3 is 6.55 Å². The third-order valence-electron chi connectivity index (χ3n) is 3.43. The first-order valence-electron chi connectivity index (χ1n) is 7.47. The molecule has 0 saturated carbocycles. The van der Waals surface area contributed by atoms with Crippen LogP contribution < -0.4 is 15.3 Å². The van der Waals surface area contributed by atoms with E-state index in [2.05, 4.69) is 15.2 Å². The summed E-state index contributed by atoms with van der Waals surface area (Å²) in [5.41, 5.74) is 0. The number of rotatable bonds is 8. The number of benzene rings is 1. The number of nitrogens with zero attached hydrogens (tertiary/aromatic N) is 5. The normalized spacial score (nSPS) is 11.1. The van der Waals surface area contributed by atoms with Gasteiger partial charge < -0.3 is 15.3 Å². The van der Waals surface area contributed by atoms with Crippen molar-refractivity contribution in [1.29, 1.82) is 0 Å². The number of hydrogen-bond acceptors (Lipinski definition) is 7. The molecule has 0 amide bonds. The third kappa shape index (κ3) is 4.04. The Balaban J connectivity index is 1.61. The number of halogens is 2. The fourth-order valence-corrected chi connectivity index (χ4v) is 2.93. The minimum absolute atomic E-state index is 0.100. The summed E-state index contributed by atoms with van der Waals surface area (Å²) < 4.78 is 38.4. The number of nitrogen functional groups attached to an aromatic ring is 1. The van der Waals surface area contributed by atoms with Crippen LogP contribution in [0.25, 0.3) is 0 Å². The molecule has 26 heavy (non-hydrogen) atoms. The summed E-state index contributed by atoms with van der Waals surface area (Å²) in [5.74, 6) is 8.02. The molecule has 2 N–H and O–H groups in total. The van der Waals surface area contributed by atoms with Crippen molar-refractivity contribution >= 4 is 11.8 Å². The molecule has 0 radical (unpaired) electrons. The van der Waals surface area contributed by atoms with E-state index >= 15 is 0 Å². The van der Waals surface area contributed by atoms with Crippen molar-refractivity contribution in [2.75, 3.05) is 13.0 Å². The molecule has 1 aromatic carbocycles. The smallest absolute Gasteiger partial charge is 0.319 e. The van der Waals surface area contributed by atoms with Gasteiger partial charge in [-0.3, -0.25) is 4.57 Å². The van der Waals surface area contributed by atoms with Gasteiger partial charge in [0.25, 0.3) is 0 Å². The lowest BCUT2D eigenvalue weighted by Gasteiger charge is -2.08. The Morgan fingerprint density at radius 2 is 2.04 bits per heavy atom. The van der Waals surface area contributed by atoms with Gasteiger partial charge in [-0.15, -0.1) is 10.2 Å². The van der Waals surface area contributed by atoms with Crippen LogP contribution in [0, 0.1) is 0 Å². The lowest BCUT2D eigenvalue weighted by Crippen LogP contribution is -2.16. The highest BCUT2D eigenvalue weighted by Gasteiger charge is 2.15. The van der Waals surface area contributed by atoms with E-state index in [-0.39, 0.29) is 18.2 Å². The predicted octanol–water partition coefficient (Wildman–Crippen LogP) is 2.46. The Labute approximate surface area is 151 Å². The SMILES string of the molecule is COc1cccc(OCc2nnc(SCc3nccn3C(F)F)n2N)c1. The molecule has 0 atom stereocenters. The van der Waals surface area contributed by atoms with E-state index < -0.39 is 6.55 Å². The van der Waals surface area contributed by atoms with Gasteiger partial charge in [-0.05, 0) is 12.1 Å². The molecule has 0 aliphatic heterocycles. The molecule has 0 fully saturated rings. The van der Waals surface area contributed by atoms with Gasteiger partial charge in [0.15, 0.2) is 5.82 Å². The van der Waals surface area contributed by atoms with Crippen molar-refractivity contribution in [2.24, 2.45) is 0 Å². The number of hydrogen-bond donors (Lipinski definition) is 1. The summed E-state index contributed by atoms with van der Waals surface area (Å²) in [4.78, 5) is 3.91. The predicted molar refractivity (Wildman–Crippen MR) is 90.5 cm³/mol. The fraction of sp³-hybridized carbons (Fsp3) is 0.267. The molecule has 138 valence electrons. The summed E-state index contributed by atoms with van der Waals surface area (Å²) >= 11 is 1.16. The molecular formula is C15H16F2N6O2S. The van der Waals surface area contributed by atoms with Crippen LogP contribution in [0.4, 0.5) is 8.78 Å². The quantitative estimate of drug-likeness (QED) is 0.472. The summed E-state index contributed by atoms with van der Waals surface area (Å²) in [7, 11) is 1.57. The molecule has 0 saturated heterocycles. The monoisotopic (exact) mass is 382 g/mol. The van der Waals surface area contributed by atoms with E-state index in [0.29, 0.717) is 22.5 Å². The van der Waals surface area contributed by atoms with E-state index in [1.807, 2.05) is 0 Å². The van der Waals surface area contributed by atoms with Gasteiger partial charge in [0.05, 0.1) is 12.9 Å². The highest BCUT2D eigenvalue weighted by atomic mass is 32.2. The Morgan fingerprint density at radius 1 is 1.23 bits per heavy atom. The van der Waals surface area contributed by atoms with Gasteiger partial charge in [-0.1, -0.05) is 17.8 Å². The highest BCUT2D eigenvalue weighted by Crippen LogP contribution is 2.23. The average Bonchev–Trinajstić information content (AvgIpc) is 3.25. The lowest BCUT2D eigenvalue weighted by molar-refractivity contribution is 0.0678. The van der Waals surface area contributed by atoms with E-state index in [0.717, 1.165) is 16.3 Å². The second-order valence-electron chi connectivity index (χ2n) is 5.05. The van der Waals surface area contributed by atoms with Crippen molar-refractivity contribution in [2.45, 2.75) is 24.1 Å². The summed E-state index contributed by atoms with van der Waals surface area (Å²) in [6.45, 7) is -2.54. The number of thioether (sulfide) groups is 1. The van der Waals surface area contributed by atoms with E-state index in [4.69, 9.17) is 15.3 Å². The van der Waals surface area contributed by atoms with Gasteiger partial charge in [0.2, 0.25) is 5.16 Å². The standard InChI is InChI=1S/C15H16F2N6O2S/c1-24-10-3-2-4-11(7-10)25-8-12-20-21-15(23(12)18)26-9-13-19-5-6-22(13)14(16)17/h2-7,14H,8-9,18H2,1H3. The number of imidazole rings is 1. The maximum absolute atomic E-state index is 12.8. The summed E-state index contributed by atoms with van der Waals surface area (Å²) in [6.07, 6.45) is 2.55. The van der Waals surface area contributed by atoms with Gasteiger partial charge in [0, 0.05) is 18.5 Å². The minimum atomic E-state index is -2.64. The molecular weight excluding hydrogens is 366 g/mol. The summed E-state index contributed by atoms with van der Waals surface area (Å²) in [5, 5.41) is 8.30. The lowest BCUT2D eigenvalue weighted by atomic mass is 10.3. The van der Waals surface area contributed by atoms with Crippen molar-refractivity contribution < 1.29 is 18.3 Å². The summed E-state index contributed by atoms with van der Waals surface area (Å²) in [6, 6.07) is 7.11. The van der Waals surface area contributed by atoms with Crippen molar-refractivity contribution in [3.63, 3.8) is 0 Å². The molecule has 3 aromatic rings. The molecule has 0 bridgehead atoms. The van der Waals surface area contributed by atoms with Crippen LogP contribution in [-0.2, 0) is 12.4 Å². The van der Waals surface area contributed by atoms with Crippen LogP contribution in [0.15, 0.2) is 41.8 Å². The van der Waals surface area contributed by atoms with E-state index in [9.17, 15) is 8.78 Å². The number of aromatic nitrogens is 5. The average molecular weight is 382 g/mol. The molecule has 0 aliphatic carbocycles. The molecule has 3 rings (SSSR count). The van der Waals surface area contributed by atoms with Gasteiger partial charge in [-0.25, -0.2) is 9.66 Å². The van der Waals surface area contributed by atoms with Crippen molar-refractivity contribution in [3.8, 4) is 11.5 Å². The largest absolute Gasteiger partial charge is 0.497 e. The second-order valence-corrected chi connectivity index (χ2v) is 6.00. The zero-order valence-electron chi connectivity index (χ0n) is 13.7. The number of methoxy groups -OCH3 is 1. The van der Waals surface area contributed by atoms with E-state index in [1.54, 1.807) is 31.4 Å². The number of nitrogens with two attached hydrogens (primary N) is 1. The molecule has 0 spiro atoms. The van der Waals surface area contributed by atoms with Gasteiger partial charge in [-0.2, -0.15) is 8.78 Å². The molecule has 11 heteroatoms. The molecule has 2 aromatic heterocycles. The number of alkyl halides is 2. The zero-order valence-corrected chi connectivity index (χ0v) is 14.6. The first-order chi connectivity index (χ1) is 12.6. The van der Waals surface area contributed by atoms with Crippen molar-refractivity contribution in [1.82, 2.24) is 24.4 Å². The van der Waals surface area contributed by atoms with Crippen LogP contribution in [0.3, 0.4) is 0 Å². The zero-order chi connectivity index (χ0) is 18.5. The van der Waals surface area contributed by atoms with Gasteiger partial charge in [0.1, 0.15) is 23.9 Å². The van der Waals surface area contributed by atoms with Crippen molar-refractivity contribution in [3.05, 3.63) is 48.3 Å².